The van der Waals surface area contributed by atoms with E-state index in [9.17, 15) is 9.59 Å². The van der Waals surface area contributed by atoms with Gasteiger partial charge in [-0.2, -0.15) is 0 Å². The Labute approximate surface area is 179 Å². The first-order valence-electron chi connectivity index (χ1n) is 9.21. The first kappa shape index (κ1) is 21.4. The number of benzene rings is 2. The molecule has 0 aliphatic carbocycles. The van der Waals surface area contributed by atoms with E-state index in [-0.39, 0.29) is 23.4 Å². The van der Waals surface area contributed by atoms with Crippen molar-refractivity contribution in [3.05, 3.63) is 57.1 Å². The van der Waals surface area contributed by atoms with Crippen molar-refractivity contribution >= 4 is 40.7 Å². The molecule has 2 amide bonds. The van der Waals surface area contributed by atoms with E-state index in [1.165, 1.54) is 6.07 Å². The van der Waals surface area contributed by atoms with Crippen LogP contribution in [0.2, 0.25) is 10.0 Å². The summed E-state index contributed by atoms with van der Waals surface area (Å²) in [5.41, 5.74) is 2.58. The van der Waals surface area contributed by atoms with E-state index < -0.39 is 0 Å². The second-order valence-electron chi connectivity index (χ2n) is 6.80. The van der Waals surface area contributed by atoms with Crippen molar-refractivity contribution in [3.63, 3.8) is 0 Å². The lowest BCUT2D eigenvalue weighted by Crippen LogP contribution is -2.43. The van der Waals surface area contributed by atoms with Gasteiger partial charge in [-0.15, -0.1) is 0 Å². The molecule has 1 fully saturated rings. The van der Waals surface area contributed by atoms with E-state index >= 15 is 0 Å². The summed E-state index contributed by atoms with van der Waals surface area (Å²) in [6.45, 7) is 5.97. The number of amides is 2. The third-order valence-corrected chi connectivity index (χ3v) is 5.15. The van der Waals surface area contributed by atoms with Gasteiger partial charge in [0.1, 0.15) is 5.75 Å². The van der Waals surface area contributed by atoms with Gasteiger partial charge in [0.2, 0.25) is 0 Å². The highest BCUT2D eigenvalue weighted by molar-refractivity contribution is 6.37. The van der Waals surface area contributed by atoms with Crippen LogP contribution in [0, 0.1) is 13.8 Å². The van der Waals surface area contributed by atoms with Crippen LogP contribution in [0.5, 0.6) is 5.75 Å². The highest BCUT2D eigenvalue weighted by Crippen LogP contribution is 2.28. The monoisotopic (exact) mass is 436 g/mol. The van der Waals surface area contributed by atoms with Gasteiger partial charge in [-0.3, -0.25) is 9.59 Å². The summed E-state index contributed by atoms with van der Waals surface area (Å²) in [5.74, 6) is 0.234. The van der Waals surface area contributed by atoms with E-state index in [1.807, 2.05) is 13.8 Å². The van der Waals surface area contributed by atoms with Gasteiger partial charge >= 0.3 is 0 Å². The standard InChI is InChI=1S/C21H22Cl2N2O4/c1-13-9-16(24-21(27)17-4-3-15(22)11-18(17)23)10-14(2)20(13)29-12-19(26)25-5-7-28-8-6-25/h3-4,9-11H,5-8,12H2,1-2H3,(H,24,27). The second kappa shape index (κ2) is 9.48. The Balaban J connectivity index is 1.67. The zero-order valence-electron chi connectivity index (χ0n) is 16.3. The Kier molecular flexibility index (Phi) is 7.00. The van der Waals surface area contributed by atoms with Crippen LogP contribution in [-0.2, 0) is 9.53 Å². The fraction of sp³-hybridized carbons (Fsp3) is 0.333. The number of carbonyl (C=O) groups is 2. The van der Waals surface area contributed by atoms with Crippen molar-refractivity contribution in [1.82, 2.24) is 4.90 Å². The van der Waals surface area contributed by atoms with Crippen LogP contribution < -0.4 is 10.1 Å². The predicted octanol–water partition coefficient (Wildman–Crippen LogP) is 4.10. The summed E-state index contributed by atoms with van der Waals surface area (Å²) in [6.07, 6.45) is 0. The van der Waals surface area contributed by atoms with Crippen molar-refractivity contribution in [2.24, 2.45) is 0 Å². The quantitative estimate of drug-likeness (QED) is 0.765. The van der Waals surface area contributed by atoms with Gasteiger partial charge in [0, 0.05) is 23.8 Å². The molecule has 0 atom stereocenters. The molecule has 0 spiro atoms. The molecule has 0 aromatic heterocycles. The summed E-state index contributed by atoms with van der Waals surface area (Å²) in [7, 11) is 0. The van der Waals surface area contributed by atoms with Crippen LogP contribution >= 0.6 is 23.2 Å². The average Bonchev–Trinajstić information content (AvgIpc) is 2.67. The number of hydrogen-bond donors (Lipinski definition) is 1. The average molecular weight is 437 g/mol. The molecule has 1 N–H and O–H groups in total. The maximum Gasteiger partial charge on any atom is 0.260 e. The highest BCUT2D eigenvalue weighted by Gasteiger charge is 2.18. The molecule has 0 bridgehead atoms. The maximum absolute atomic E-state index is 12.5. The number of aryl methyl sites for hydroxylation is 2. The Morgan fingerprint density at radius 3 is 2.38 bits per heavy atom. The third-order valence-electron chi connectivity index (χ3n) is 4.60. The van der Waals surface area contributed by atoms with Gasteiger partial charge in [0.15, 0.2) is 6.61 Å². The smallest absolute Gasteiger partial charge is 0.260 e. The van der Waals surface area contributed by atoms with E-state index in [4.69, 9.17) is 32.7 Å². The van der Waals surface area contributed by atoms with Crippen molar-refractivity contribution < 1.29 is 19.1 Å². The molecule has 29 heavy (non-hydrogen) atoms. The fourth-order valence-electron chi connectivity index (χ4n) is 3.16. The van der Waals surface area contributed by atoms with Gasteiger partial charge in [-0.05, 0) is 55.3 Å². The molecule has 6 nitrogen and oxygen atoms in total. The van der Waals surface area contributed by atoms with E-state index in [2.05, 4.69) is 5.32 Å². The lowest BCUT2D eigenvalue weighted by Gasteiger charge is -2.27. The van der Waals surface area contributed by atoms with Crippen LogP contribution in [0.3, 0.4) is 0 Å². The van der Waals surface area contributed by atoms with Gasteiger partial charge < -0.3 is 19.7 Å². The van der Waals surface area contributed by atoms with Crippen molar-refractivity contribution in [2.75, 3.05) is 38.2 Å². The van der Waals surface area contributed by atoms with E-state index in [1.54, 1.807) is 29.2 Å². The number of carbonyl (C=O) groups excluding carboxylic acids is 2. The minimum Gasteiger partial charge on any atom is -0.483 e. The largest absolute Gasteiger partial charge is 0.483 e. The molecule has 0 unspecified atom stereocenters. The Hall–Kier alpha value is -2.28. The fourth-order valence-corrected chi connectivity index (χ4v) is 3.65. The summed E-state index contributed by atoms with van der Waals surface area (Å²) < 4.78 is 11.0. The zero-order valence-corrected chi connectivity index (χ0v) is 17.8. The molecule has 0 radical (unpaired) electrons. The zero-order chi connectivity index (χ0) is 21.0. The minimum atomic E-state index is -0.332. The third kappa shape index (κ3) is 5.41. The van der Waals surface area contributed by atoms with Crippen LogP contribution in [0.15, 0.2) is 30.3 Å². The number of nitrogens with zero attached hydrogens (tertiary/aromatic N) is 1. The predicted molar refractivity (Wildman–Crippen MR) is 113 cm³/mol. The first-order valence-corrected chi connectivity index (χ1v) is 9.96. The van der Waals surface area contributed by atoms with Gasteiger partial charge in [-0.1, -0.05) is 23.2 Å². The van der Waals surface area contributed by atoms with Gasteiger partial charge in [-0.25, -0.2) is 0 Å². The van der Waals surface area contributed by atoms with Crippen LogP contribution in [0.25, 0.3) is 0 Å². The number of hydrogen-bond acceptors (Lipinski definition) is 4. The summed E-state index contributed by atoms with van der Waals surface area (Å²) >= 11 is 12.0. The topological polar surface area (TPSA) is 67.9 Å². The van der Waals surface area contributed by atoms with Crippen molar-refractivity contribution in [1.29, 1.82) is 0 Å². The molecule has 3 rings (SSSR count). The van der Waals surface area contributed by atoms with Crippen molar-refractivity contribution in [3.8, 4) is 5.75 Å². The molecular weight excluding hydrogens is 415 g/mol. The first-order chi connectivity index (χ1) is 13.8. The molecule has 2 aromatic carbocycles. The van der Waals surface area contributed by atoms with Crippen LogP contribution in [0.4, 0.5) is 5.69 Å². The van der Waals surface area contributed by atoms with Gasteiger partial charge in [0.25, 0.3) is 11.8 Å². The molecule has 2 aromatic rings. The molecule has 1 aliphatic rings. The highest BCUT2D eigenvalue weighted by atomic mass is 35.5. The number of morpholine rings is 1. The van der Waals surface area contributed by atoms with Gasteiger partial charge in [0.05, 0.1) is 23.8 Å². The van der Waals surface area contributed by atoms with E-state index in [0.29, 0.717) is 48.3 Å². The van der Waals surface area contributed by atoms with Crippen molar-refractivity contribution in [2.45, 2.75) is 13.8 Å². The van der Waals surface area contributed by atoms with Crippen LogP contribution in [-0.4, -0.2) is 49.6 Å². The Bertz CT molecular complexity index is 904. The number of halogens is 2. The lowest BCUT2D eigenvalue weighted by molar-refractivity contribution is -0.137. The molecule has 1 heterocycles. The molecule has 1 saturated heterocycles. The normalized spacial score (nSPS) is 13.9. The second-order valence-corrected chi connectivity index (χ2v) is 7.64. The minimum absolute atomic E-state index is 0.0340. The molecule has 0 saturated carbocycles. The number of anilines is 1. The number of nitrogens with one attached hydrogen (secondary N) is 1. The SMILES string of the molecule is Cc1cc(NC(=O)c2ccc(Cl)cc2Cl)cc(C)c1OCC(=O)N1CCOCC1. The Morgan fingerprint density at radius 2 is 1.76 bits per heavy atom. The summed E-state index contributed by atoms with van der Waals surface area (Å²) in [4.78, 5) is 26.5. The lowest BCUT2D eigenvalue weighted by atomic mass is 10.1. The molecule has 154 valence electrons. The van der Waals surface area contributed by atoms with Crippen LogP contribution in [0.1, 0.15) is 21.5 Å². The maximum atomic E-state index is 12.5. The molecule has 8 heteroatoms. The van der Waals surface area contributed by atoms with E-state index in [0.717, 1.165) is 11.1 Å². The molecule has 1 aliphatic heterocycles. The number of ether oxygens (including phenoxy) is 2. The summed E-state index contributed by atoms with van der Waals surface area (Å²) in [5, 5.41) is 3.58. The summed E-state index contributed by atoms with van der Waals surface area (Å²) in [6, 6.07) is 8.30. The Morgan fingerprint density at radius 1 is 1.10 bits per heavy atom. The molecular formula is C21H22Cl2N2O4. The number of rotatable bonds is 5.